The Morgan fingerprint density at radius 1 is 1.47 bits per heavy atom. The van der Waals surface area contributed by atoms with Crippen molar-refractivity contribution >= 4 is 21.6 Å². The third-order valence-electron chi connectivity index (χ3n) is 3.31. The van der Waals surface area contributed by atoms with Crippen LogP contribution in [0.1, 0.15) is 12.8 Å². The molecule has 1 aromatic rings. The number of benzene rings is 1. The van der Waals surface area contributed by atoms with Gasteiger partial charge >= 0.3 is 0 Å². The van der Waals surface area contributed by atoms with Crippen LogP contribution in [0.5, 0.6) is 5.75 Å². The molecule has 0 bridgehead atoms. The van der Waals surface area contributed by atoms with Crippen molar-refractivity contribution in [1.82, 2.24) is 5.32 Å². The molecule has 1 aliphatic heterocycles. The summed E-state index contributed by atoms with van der Waals surface area (Å²) in [7, 11) is 3.76. The van der Waals surface area contributed by atoms with E-state index in [4.69, 9.17) is 4.74 Å². The minimum Gasteiger partial charge on any atom is -0.495 e. The largest absolute Gasteiger partial charge is 0.495 e. The summed E-state index contributed by atoms with van der Waals surface area (Å²) in [5.41, 5.74) is 1.18. The molecule has 3 nitrogen and oxygen atoms in total. The smallest absolute Gasteiger partial charge is 0.142 e. The normalized spacial score (nSPS) is 20.4. The molecule has 0 saturated carbocycles. The molecule has 1 fully saturated rings. The van der Waals surface area contributed by atoms with Gasteiger partial charge in [-0.2, -0.15) is 0 Å². The number of piperidine rings is 1. The number of hydrogen-bond acceptors (Lipinski definition) is 3. The van der Waals surface area contributed by atoms with Crippen LogP contribution in [0.2, 0.25) is 0 Å². The van der Waals surface area contributed by atoms with E-state index in [0.717, 1.165) is 23.3 Å². The number of nitrogens with one attached hydrogen (secondary N) is 1. The van der Waals surface area contributed by atoms with Crippen LogP contribution in [0.25, 0.3) is 0 Å². The fourth-order valence-corrected chi connectivity index (χ4v) is 2.69. The Morgan fingerprint density at radius 3 is 3.00 bits per heavy atom. The van der Waals surface area contributed by atoms with Crippen LogP contribution in [-0.4, -0.2) is 33.3 Å². The third-order valence-corrected chi connectivity index (χ3v) is 3.80. The number of nitrogens with zero attached hydrogens (tertiary/aromatic N) is 1. The zero-order valence-corrected chi connectivity index (χ0v) is 12.0. The van der Waals surface area contributed by atoms with Gasteiger partial charge in [-0.15, -0.1) is 0 Å². The molecule has 0 aliphatic carbocycles. The van der Waals surface area contributed by atoms with E-state index in [1.807, 2.05) is 19.2 Å². The molecule has 0 radical (unpaired) electrons. The summed E-state index contributed by atoms with van der Waals surface area (Å²) < 4.78 is 6.54. The number of rotatable bonds is 3. The SMILES string of the molecule is CNC1CCCN(c2cc(Br)ccc2OC)C1. The van der Waals surface area contributed by atoms with Gasteiger partial charge in [-0.3, -0.25) is 0 Å². The van der Waals surface area contributed by atoms with Crippen molar-refractivity contribution < 1.29 is 4.74 Å². The van der Waals surface area contributed by atoms with Crippen molar-refractivity contribution in [2.24, 2.45) is 0 Å². The molecule has 1 atom stereocenters. The first-order valence-electron chi connectivity index (χ1n) is 6.00. The highest BCUT2D eigenvalue weighted by Crippen LogP contribution is 2.33. The fraction of sp³-hybridized carbons (Fsp3) is 0.538. The number of methoxy groups -OCH3 is 1. The predicted molar refractivity (Wildman–Crippen MR) is 75.0 cm³/mol. The number of anilines is 1. The maximum absolute atomic E-state index is 5.44. The van der Waals surface area contributed by atoms with E-state index in [-0.39, 0.29) is 0 Å². The van der Waals surface area contributed by atoms with Crippen molar-refractivity contribution in [2.45, 2.75) is 18.9 Å². The third kappa shape index (κ3) is 2.93. The van der Waals surface area contributed by atoms with Crippen LogP contribution in [-0.2, 0) is 0 Å². The molecular formula is C13H19BrN2O. The first kappa shape index (κ1) is 12.7. The van der Waals surface area contributed by atoms with Crippen LogP contribution in [0.15, 0.2) is 22.7 Å². The molecular weight excluding hydrogens is 280 g/mol. The van der Waals surface area contributed by atoms with Crippen molar-refractivity contribution in [3.63, 3.8) is 0 Å². The molecule has 1 unspecified atom stereocenters. The van der Waals surface area contributed by atoms with Gasteiger partial charge in [-0.05, 0) is 38.1 Å². The first-order chi connectivity index (χ1) is 8.24. The van der Waals surface area contributed by atoms with Gasteiger partial charge in [0.1, 0.15) is 5.75 Å². The van der Waals surface area contributed by atoms with Crippen LogP contribution < -0.4 is 15.0 Å². The summed E-state index contributed by atoms with van der Waals surface area (Å²) in [4.78, 5) is 2.40. The summed E-state index contributed by atoms with van der Waals surface area (Å²) in [5.74, 6) is 0.949. The van der Waals surface area contributed by atoms with Gasteiger partial charge in [0.05, 0.1) is 12.8 Å². The van der Waals surface area contributed by atoms with E-state index < -0.39 is 0 Å². The van der Waals surface area contributed by atoms with Crippen molar-refractivity contribution in [3.05, 3.63) is 22.7 Å². The van der Waals surface area contributed by atoms with E-state index in [1.165, 1.54) is 18.5 Å². The highest BCUT2D eigenvalue weighted by Gasteiger charge is 2.21. The van der Waals surface area contributed by atoms with Gasteiger partial charge in [-0.1, -0.05) is 15.9 Å². The van der Waals surface area contributed by atoms with E-state index in [0.29, 0.717) is 6.04 Å². The van der Waals surface area contributed by atoms with Gasteiger partial charge in [0, 0.05) is 23.6 Å². The average molecular weight is 299 g/mol. The number of ether oxygens (including phenoxy) is 1. The lowest BCUT2D eigenvalue weighted by molar-refractivity contribution is 0.406. The summed E-state index contributed by atoms with van der Waals surface area (Å²) in [6, 6.07) is 6.74. The molecule has 0 aromatic heterocycles. The van der Waals surface area contributed by atoms with Gasteiger partial charge in [-0.25, -0.2) is 0 Å². The van der Waals surface area contributed by atoms with Gasteiger partial charge in [0.2, 0.25) is 0 Å². The molecule has 1 aliphatic rings. The Labute approximate surface area is 111 Å². The summed E-state index contributed by atoms with van der Waals surface area (Å²) in [6.45, 7) is 2.15. The number of likely N-dealkylation sites (N-methyl/N-ethyl adjacent to an activating group) is 1. The number of hydrogen-bond donors (Lipinski definition) is 1. The molecule has 1 aromatic carbocycles. The summed E-state index contributed by atoms with van der Waals surface area (Å²) >= 11 is 3.53. The molecule has 1 heterocycles. The molecule has 1 saturated heterocycles. The molecule has 17 heavy (non-hydrogen) atoms. The zero-order chi connectivity index (χ0) is 12.3. The van der Waals surface area contributed by atoms with E-state index in [9.17, 15) is 0 Å². The predicted octanol–water partition coefficient (Wildman–Crippen LogP) is 2.65. The second-order valence-corrected chi connectivity index (χ2v) is 5.31. The van der Waals surface area contributed by atoms with Gasteiger partial charge in [0.25, 0.3) is 0 Å². The highest BCUT2D eigenvalue weighted by molar-refractivity contribution is 9.10. The van der Waals surface area contributed by atoms with Crippen molar-refractivity contribution in [2.75, 3.05) is 32.1 Å². The lowest BCUT2D eigenvalue weighted by atomic mass is 10.0. The van der Waals surface area contributed by atoms with Gasteiger partial charge in [0.15, 0.2) is 0 Å². The van der Waals surface area contributed by atoms with Gasteiger partial charge < -0.3 is 15.0 Å². The van der Waals surface area contributed by atoms with E-state index >= 15 is 0 Å². The molecule has 0 amide bonds. The molecule has 4 heteroatoms. The monoisotopic (exact) mass is 298 g/mol. The van der Waals surface area contributed by atoms with Crippen molar-refractivity contribution in [3.8, 4) is 5.75 Å². The lowest BCUT2D eigenvalue weighted by Crippen LogP contribution is -2.44. The minimum absolute atomic E-state index is 0.576. The fourth-order valence-electron chi connectivity index (χ4n) is 2.34. The van der Waals surface area contributed by atoms with Crippen molar-refractivity contribution in [1.29, 1.82) is 0 Å². The standard InChI is InChI=1S/C13H19BrN2O/c1-15-11-4-3-7-16(9-11)12-8-10(14)5-6-13(12)17-2/h5-6,8,11,15H,3-4,7,9H2,1-2H3. The quantitative estimate of drug-likeness (QED) is 0.928. The van der Waals surface area contributed by atoms with Crippen LogP contribution in [0.4, 0.5) is 5.69 Å². The van der Waals surface area contributed by atoms with Crippen LogP contribution in [0, 0.1) is 0 Å². The average Bonchev–Trinajstić information content (AvgIpc) is 2.39. The maximum atomic E-state index is 5.44. The van der Waals surface area contributed by atoms with Crippen LogP contribution in [0.3, 0.4) is 0 Å². The lowest BCUT2D eigenvalue weighted by Gasteiger charge is -2.35. The zero-order valence-electron chi connectivity index (χ0n) is 10.4. The topological polar surface area (TPSA) is 24.5 Å². The summed E-state index contributed by atoms with van der Waals surface area (Å²) in [6.07, 6.45) is 2.48. The molecule has 0 spiro atoms. The second kappa shape index (κ2) is 5.74. The molecule has 1 N–H and O–H groups in total. The van der Waals surface area contributed by atoms with E-state index in [1.54, 1.807) is 7.11 Å². The Morgan fingerprint density at radius 2 is 2.29 bits per heavy atom. The Balaban J connectivity index is 2.22. The Hall–Kier alpha value is -0.740. The highest BCUT2D eigenvalue weighted by atomic mass is 79.9. The number of halogens is 1. The van der Waals surface area contributed by atoms with Crippen LogP contribution >= 0.6 is 15.9 Å². The molecule has 2 rings (SSSR count). The molecule has 94 valence electrons. The second-order valence-electron chi connectivity index (χ2n) is 4.39. The Kier molecular flexibility index (Phi) is 4.29. The Bertz CT molecular complexity index is 384. The van der Waals surface area contributed by atoms with E-state index in [2.05, 4.69) is 32.2 Å². The summed E-state index contributed by atoms with van der Waals surface area (Å²) in [5, 5.41) is 3.36. The minimum atomic E-state index is 0.576. The first-order valence-corrected chi connectivity index (χ1v) is 6.79. The maximum Gasteiger partial charge on any atom is 0.142 e.